The molecule has 0 saturated carbocycles. The molecule has 0 radical (unpaired) electrons. The molecule has 1 amide bonds. The number of aromatic nitrogens is 2. The highest BCUT2D eigenvalue weighted by Gasteiger charge is 2.28. The lowest BCUT2D eigenvalue weighted by molar-refractivity contribution is 0.0623. The summed E-state index contributed by atoms with van der Waals surface area (Å²) in [5.74, 6) is 0.0315. The van der Waals surface area contributed by atoms with Crippen molar-refractivity contribution in [3.8, 4) is 11.4 Å². The molecule has 6 nitrogen and oxygen atoms in total. The number of carbonyl (C=O) groups excluding carboxylic acids is 1. The summed E-state index contributed by atoms with van der Waals surface area (Å²) < 4.78 is 6.55. The molecule has 3 rings (SSSR count). The van der Waals surface area contributed by atoms with Gasteiger partial charge >= 0.3 is 0 Å². The first-order chi connectivity index (χ1) is 12.0. The van der Waals surface area contributed by atoms with Gasteiger partial charge in [0.05, 0.1) is 18.9 Å². The fourth-order valence-corrected chi connectivity index (χ4v) is 3.25. The normalized spacial score (nSPS) is 17.4. The number of hydrogen-bond donors (Lipinski definition) is 0. The Morgan fingerprint density at radius 3 is 2.72 bits per heavy atom. The van der Waals surface area contributed by atoms with Crippen LogP contribution in [0.3, 0.4) is 0 Å². The molecular formula is C19H23N3O3. The van der Waals surface area contributed by atoms with Crippen LogP contribution in [-0.2, 0) is 0 Å². The summed E-state index contributed by atoms with van der Waals surface area (Å²) in [6.45, 7) is 4.65. The van der Waals surface area contributed by atoms with E-state index in [0.717, 1.165) is 24.8 Å². The second kappa shape index (κ2) is 7.09. The SMILES string of the molecule is COc1cc(=O)n(-c2ccccc2C)nc1C(=O)N1CCCC[C@H]1C. The maximum atomic E-state index is 13.0. The highest BCUT2D eigenvalue weighted by molar-refractivity contribution is 5.95. The van der Waals surface area contributed by atoms with E-state index in [1.807, 2.05) is 43.0 Å². The molecule has 1 fully saturated rings. The van der Waals surface area contributed by atoms with Crippen molar-refractivity contribution in [2.24, 2.45) is 0 Å². The minimum atomic E-state index is -0.325. The van der Waals surface area contributed by atoms with Crippen LogP contribution < -0.4 is 10.3 Å². The average Bonchev–Trinajstić information content (AvgIpc) is 2.62. The number of piperidine rings is 1. The average molecular weight is 341 g/mol. The lowest BCUT2D eigenvalue weighted by Crippen LogP contribution is -2.43. The molecule has 2 aromatic rings. The molecule has 0 N–H and O–H groups in total. The molecule has 0 bridgehead atoms. The minimum Gasteiger partial charge on any atom is -0.494 e. The van der Waals surface area contributed by atoms with Gasteiger partial charge in [0, 0.05) is 12.6 Å². The minimum absolute atomic E-state index is 0.159. The quantitative estimate of drug-likeness (QED) is 0.861. The van der Waals surface area contributed by atoms with Gasteiger partial charge in [-0.2, -0.15) is 9.78 Å². The highest BCUT2D eigenvalue weighted by atomic mass is 16.5. The zero-order valence-electron chi connectivity index (χ0n) is 14.9. The number of carbonyl (C=O) groups is 1. The Morgan fingerprint density at radius 1 is 1.28 bits per heavy atom. The Hall–Kier alpha value is -2.63. The van der Waals surface area contributed by atoms with Gasteiger partial charge in [-0.3, -0.25) is 9.59 Å². The number of para-hydroxylation sites is 1. The van der Waals surface area contributed by atoms with Crippen molar-refractivity contribution in [3.63, 3.8) is 0 Å². The van der Waals surface area contributed by atoms with Gasteiger partial charge in [0.15, 0.2) is 11.4 Å². The second-order valence-electron chi connectivity index (χ2n) is 6.44. The summed E-state index contributed by atoms with van der Waals surface area (Å²) in [4.78, 5) is 27.3. The molecule has 0 spiro atoms. The zero-order valence-corrected chi connectivity index (χ0v) is 14.9. The first-order valence-electron chi connectivity index (χ1n) is 8.58. The van der Waals surface area contributed by atoms with E-state index in [2.05, 4.69) is 5.10 Å². The van der Waals surface area contributed by atoms with Gasteiger partial charge in [-0.15, -0.1) is 0 Å². The van der Waals surface area contributed by atoms with E-state index in [-0.39, 0.29) is 29.0 Å². The number of aryl methyl sites for hydroxylation is 1. The maximum Gasteiger partial charge on any atom is 0.278 e. The summed E-state index contributed by atoms with van der Waals surface area (Å²) in [5.41, 5.74) is 1.43. The standard InChI is InChI=1S/C19H23N3O3/c1-13-8-4-5-10-15(13)22-17(23)12-16(25-3)18(20-22)19(24)21-11-7-6-9-14(21)2/h4-5,8,10,12,14H,6-7,9,11H2,1-3H3/t14-/m1/s1. The Labute approximate surface area is 147 Å². The van der Waals surface area contributed by atoms with Gasteiger partial charge in [0.25, 0.3) is 11.5 Å². The summed E-state index contributed by atoms with van der Waals surface area (Å²) in [5, 5.41) is 4.37. The number of rotatable bonds is 3. The molecule has 1 aromatic carbocycles. The summed E-state index contributed by atoms with van der Waals surface area (Å²) in [7, 11) is 1.45. The van der Waals surface area contributed by atoms with Crippen LogP contribution in [0, 0.1) is 6.92 Å². The fourth-order valence-electron chi connectivity index (χ4n) is 3.25. The molecule has 0 unspecified atom stereocenters. The lowest BCUT2D eigenvalue weighted by Gasteiger charge is -2.33. The topological polar surface area (TPSA) is 64.4 Å². The van der Waals surface area contributed by atoms with Crippen molar-refractivity contribution in [1.82, 2.24) is 14.7 Å². The zero-order chi connectivity index (χ0) is 18.0. The second-order valence-corrected chi connectivity index (χ2v) is 6.44. The Balaban J connectivity index is 2.10. The van der Waals surface area contributed by atoms with Crippen molar-refractivity contribution in [3.05, 3.63) is 51.9 Å². The molecule has 1 aliphatic heterocycles. The third-order valence-corrected chi connectivity index (χ3v) is 4.73. The number of hydrogen-bond acceptors (Lipinski definition) is 4. The first-order valence-corrected chi connectivity index (χ1v) is 8.58. The molecule has 2 heterocycles. The fraction of sp³-hybridized carbons (Fsp3) is 0.421. The lowest BCUT2D eigenvalue weighted by atomic mass is 10.0. The van der Waals surface area contributed by atoms with Crippen LogP contribution in [0.25, 0.3) is 5.69 Å². The van der Waals surface area contributed by atoms with Gasteiger partial charge in [-0.05, 0) is 44.7 Å². The van der Waals surface area contributed by atoms with E-state index in [1.54, 1.807) is 0 Å². The Bertz CT molecular complexity index is 844. The van der Waals surface area contributed by atoms with Crippen LogP contribution in [0.4, 0.5) is 0 Å². The molecule has 1 saturated heterocycles. The molecule has 1 atom stereocenters. The van der Waals surface area contributed by atoms with E-state index in [1.165, 1.54) is 17.9 Å². The van der Waals surface area contributed by atoms with Crippen LogP contribution in [0.15, 0.2) is 35.1 Å². The van der Waals surface area contributed by atoms with Crippen molar-refractivity contribution in [2.45, 2.75) is 39.2 Å². The van der Waals surface area contributed by atoms with Crippen LogP contribution in [-0.4, -0.2) is 40.3 Å². The molecule has 1 aromatic heterocycles. The van der Waals surface area contributed by atoms with Crippen molar-refractivity contribution >= 4 is 5.91 Å². The van der Waals surface area contributed by atoms with Crippen LogP contribution in [0.1, 0.15) is 42.2 Å². The van der Waals surface area contributed by atoms with Gasteiger partial charge in [-0.25, -0.2) is 0 Å². The van der Waals surface area contributed by atoms with Crippen LogP contribution in [0.2, 0.25) is 0 Å². The number of benzene rings is 1. The summed E-state index contributed by atoms with van der Waals surface area (Å²) in [6.07, 6.45) is 3.08. The largest absolute Gasteiger partial charge is 0.494 e. The van der Waals surface area contributed by atoms with Gasteiger partial charge < -0.3 is 9.64 Å². The van der Waals surface area contributed by atoms with Crippen molar-refractivity contribution in [1.29, 1.82) is 0 Å². The molecule has 132 valence electrons. The van der Waals surface area contributed by atoms with E-state index in [9.17, 15) is 9.59 Å². The number of nitrogens with zero attached hydrogens (tertiary/aromatic N) is 3. The molecular weight excluding hydrogens is 318 g/mol. The molecule has 25 heavy (non-hydrogen) atoms. The number of likely N-dealkylation sites (tertiary alicyclic amines) is 1. The third-order valence-electron chi connectivity index (χ3n) is 4.73. The number of amides is 1. The van der Waals surface area contributed by atoms with Gasteiger partial charge in [0.2, 0.25) is 0 Å². The number of ether oxygens (including phenoxy) is 1. The van der Waals surface area contributed by atoms with Gasteiger partial charge in [-0.1, -0.05) is 18.2 Å². The molecule has 6 heteroatoms. The van der Waals surface area contributed by atoms with E-state index in [0.29, 0.717) is 12.2 Å². The maximum absolute atomic E-state index is 13.0. The molecule has 1 aliphatic rings. The van der Waals surface area contributed by atoms with Crippen molar-refractivity contribution < 1.29 is 9.53 Å². The highest BCUT2D eigenvalue weighted by Crippen LogP contribution is 2.23. The summed E-state index contributed by atoms with van der Waals surface area (Å²) in [6, 6.07) is 8.95. The molecule has 0 aliphatic carbocycles. The van der Waals surface area contributed by atoms with Crippen LogP contribution in [0.5, 0.6) is 5.75 Å². The van der Waals surface area contributed by atoms with Gasteiger partial charge in [0.1, 0.15) is 0 Å². The van der Waals surface area contributed by atoms with Crippen LogP contribution >= 0.6 is 0 Å². The third kappa shape index (κ3) is 3.29. The monoisotopic (exact) mass is 341 g/mol. The van der Waals surface area contributed by atoms with E-state index in [4.69, 9.17) is 4.74 Å². The van der Waals surface area contributed by atoms with Crippen molar-refractivity contribution in [2.75, 3.05) is 13.7 Å². The predicted octanol–water partition coefficient (Wildman–Crippen LogP) is 2.56. The Morgan fingerprint density at radius 2 is 2.04 bits per heavy atom. The number of methoxy groups -OCH3 is 1. The predicted molar refractivity (Wildman–Crippen MR) is 95.5 cm³/mol. The van der Waals surface area contributed by atoms with E-state index >= 15 is 0 Å². The summed E-state index contributed by atoms with van der Waals surface area (Å²) >= 11 is 0. The van der Waals surface area contributed by atoms with E-state index < -0.39 is 0 Å². The first kappa shape index (κ1) is 17.2. The Kier molecular flexibility index (Phi) is 4.88. The smallest absolute Gasteiger partial charge is 0.278 e.